The first-order chi connectivity index (χ1) is 12.6. The van der Waals surface area contributed by atoms with Crippen LogP contribution in [0, 0.1) is 12.7 Å². The van der Waals surface area contributed by atoms with Crippen LogP contribution in [0.3, 0.4) is 0 Å². The lowest BCUT2D eigenvalue weighted by Gasteiger charge is -2.11. The van der Waals surface area contributed by atoms with Gasteiger partial charge in [-0.1, -0.05) is 24.3 Å². The van der Waals surface area contributed by atoms with Gasteiger partial charge in [0.1, 0.15) is 17.4 Å². The fourth-order valence-corrected chi connectivity index (χ4v) is 2.57. The molecule has 0 amide bonds. The Hall–Kier alpha value is -3.15. The van der Waals surface area contributed by atoms with Crippen LogP contribution in [0.1, 0.15) is 11.3 Å². The molecule has 0 saturated carbocycles. The van der Waals surface area contributed by atoms with E-state index in [9.17, 15) is 4.39 Å². The van der Waals surface area contributed by atoms with E-state index in [0.717, 1.165) is 17.1 Å². The molecular formula is C20H21FN4O. The third-order valence-electron chi connectivity index (χ3n) is 3.83. The van der Waals surface area contributed by atoms with Gasteiger partial charge in [-0.3, -0.25) is 0 Å². The van der Waals surface area contributed by atoms with Gasteiger partial charge in [-0.05, 0) is 37.1 Å². The van der Waals surface area contributed by atoms with Crippen molar-refractivity contribution in [2.75, 3.05) is 24.3 Å². The molecule has 134 valence electrons. The van der Waals surface area contributed by atoms with Crippen LogP contribution in [0.4, 0.5) is 21.8 Å². The first kappa shape index (κ1) is 17.7. The van der Waals surface area contributed by atoms with Crippen LogP contribution in [0.5, 0.6) is 5.75 Å². The van der Waals surface area contributed by atoms with E-state index >= 15 is 0 Å². The predicted molar refractivity (Wildman–Crippen MR) is 102 cm³/mol. The van der Waals surface area contributed by atoms with Crippen molar-refractivity contribution in [1.29, 1.82) is 0 Å². The SMILES string of the molecule is COc1cccc(Nc2cc(C)nc(NCCc3ccccc3F)n2)c1. The van der Waals surface area contributed by atoms with Gasteiger partial charge in [0, 0.05) is 30.1 Å². The third kappa shape index (κ3) is 4.69. The molecule has 5 nitrogen and oxygen atoms in total. The summed E-state index contributed by atoms with van der Waals surface area (Å²) in [4.78, 5) is 8.85. The molecule has 2 N–H and O–H groups in total. The lowest BCUT2D eigenvalue weighted by atomic mass is 10.1. The predicted octanol–water partition coefficient (Wildman–Crippen LogP) is 4.33. The second-order valence-electron chi connectivity index (χ2n) is 5.84. The fraction of sp³-hybridized carbons (Fsp3) is 0.200. The molecule has 1 aromatic heterocycles. The highest BCUT2D eigenvalue weighted by Gasteiger charge is 2.05. The van der Waals surface area contributed by atoms with Gasteiger partial charge in [-0.25, -0.2) is 9.37 Å². The second-order valence-corrected chi connectivity index (χ2v) is 5.84. The average Bonchev–Trinajstić information content (AvgIpc) is 2.63. The van der Waals surface area contributed by atoms with E-state index in [1.54, 1.807) is 19.2 Å². The van der Waals surface area contributed by atoms with Gasteiger partial charge in [0.2, 0.25) is 5.95 Å². The number of anilines is 3. The topological polar surface area (TPSA) is 59.1 Å². The highest BCUT2D eigenvalue weighted by molar-refractivity contribution is 5.59. The Balaban J connectivity index is 1.66. The minimum absolute atomic E-state index is 0.195. The van der Waals surface area contributed by atoms with Crippen LogP contribution in [0.25, 0.3) is 0 Å². The molecule has 0 aliphatic heterocycles. The highest BCUT2D eigenvalue weighted by Crippen LogP contribution is 2.21. The van der Waals surface area contributed by atoms with Crippen molar-refractivity contribution < 1.29 is 9.13 Å². The minimum Gasteiger partial charge on any atom is -0.497 e. The van der Waals surface area contributed by atoms with Crippen LogP contribution in [-0.2, 0) is 6.42 Å². The van der Waals surface area contributed by atoms with E-state index < -0.39 is 0 Å². The summed E-state index contributed by atoms with van der Waals surface area (Å²) in [6.07, 6.45) is 0.558. The number of halogens is 1. The van der Waals surface area contributed by atoms with Crippen LogP contribution in [0.2, 0.25) is 0 Å². The number of aromatic nitrogens is 2. The van der Waals surface area contributed by atoms with Crippen LogP contribution >= 0.6 is 0 Å². The van der Waals surface area contributed by atoms with Crippen molar-refractivity contribution in [1.82, 2.24) is 9.97 Å². The Bertz CT molecular complexity index is 885. The Morgan fingerprint density at radius 2 is 1.88 bits per heavy atom. The first-order valence-corrected chi connectivity index (χ1v) is 8.38. The Morgan fingerprint density at radius 3 is 2.69 bits per heavy atom. The van der Waals surface area contributed by atoms with Crippen molar-refractivity contribution in [2.45, 2.75) is 13.3 Å². The van der Waals surface area contributed by atoms with Gasteiger partial charge >= 0.3 is 0 Å². The first-order valence-electron chi connectivity index (χ1n) is 8.38. The number of aryl methyl sites for hydroxylation is 1. The molecule has 1 heterocycles. The molecule has 0 radical (unpaired) electrons. The minimum atomic E-state index is -0.195. The number of nitrogens with zero attached hydrogens (tertiary/aromatic N) is 2. The standard InChI is InChI=1S/C20H21FN4O/c1-14-12-19(24-16-7-5-8-17(13-16)26-2)25-20(23-14)22-11-10-15-6-3-4-9-18(15)21/h3-9,12-13H,10-11H2,1-2H3,(H2,22,23,24,25). The van der Waals surface area contributed by atoms with Gasteiger partial charge < -0.3 is 15.4 Å². The van der Waals surface area contributed by atoms with Gasteiger partial charge in [-0.2, -0.15) is 4.98 Å². The van der Waals surface area contributed by atoms with Crippen LogP contribution in [-0.4, -0.2) is 23.6 Å². The number of hydrogen-bond acceptors (Lipinski definition) is 5. The van der Waals surface area contributed by atoms with E-state index in [1.165, 1.54) is 6.07 Å². The summed E-state index contributed by atoms with van der Waals surface area (Å²) >= 11 is 0. The summed E-state index contributed by atoms with van der Waals surface area (Å²) in [5.74, 6) is 1.76. The zero-order valence-electron chi connectivity index (χ0n) is 14.8. The fourth-order valence-electron chi connectivity index (χ4n) is 2.57. The Labute approximate surface area is 152 Å². The summed E-state index contributed by atoms with van der Waals surface area (Å²) < 4.78 is 18.9. The van der Waals surface area contributed by atoms with Crippen molar-refractivity contribution in [2.24, 2.45) is 0 Å². The smallest absolute Gasteiger partial charge is 0.224 e. The largest absolute Gasteiger partial charge is 0.497 e. The molecule has 0 spiro atoms. The van der Waals surface area contributed by atoms with Crippen molar-refractivity contribution >= 4 is 17.5 Å². The van der Waals surface area contributed by atoms with Gasteiger partial charge in [0.25, 0.3) is 0 Å². The molecule has 26 heavy (non-hydrogen) atoms. The Morgan fingerprint density at radius 1 is 1.04 bits per heavy atom. The summed E-state index contributed by atoms with van der Waals surface area (Å²) in [5, 5.41) is 6.40. The van der Waals surface area contributed by atoms with Crippen molar-refractivity contribution in [3.05, 3.63) is 71.7 Å². The van der Waals surface area contributed by atoms with Crippen LogP contribution < -0.4 is 15.4 Å². The zero-order valence-corrected chi connectivity index (χ0v) is 14.8. The summed E-state index contributed by atoms with van der Waals surface area (Å²) in [6, 6.07) is 16.2. The number of benzene rings is 2. The van der Waals surface area contributed by atoms with Gasteiger partial charge in [-0.15, -0.1) is 0 Å². The lowest BCUT2D eigenvalue weighted by molar-refractivity contribution is 0.415. The molecule has 0 aliphatic rings. The maximum Gasteiger partial charge on any atom is 0.224 e. The maximum absolute atomic E-state index is 13.7. The average molecular weight is 352 g/mol. The highest BCUT2D eigenvalue weighted by atomic mass is 19.1. The summed E-state index contributed by atoms with van der Waals surface area (Å²) in [7, 11) is 1.63. The second kappa shape index (κ2) is 8.29. The van der Waals surface area contributed by atoms with Gasteiger partial charge in [0.05, 0.1) is 7.11 Å². The number of hydrogen-bond donors (Lipinski definition) is 2. The van der Waals surface area contributed by atoms with Crippen molar-refractivity contribution in [3.63, 3.8) is 0 Å². The molecule has 0 atom stereocenters. The molecular weight excluding hydrogens is 331 g/mol. The van der Waals surface area contributed by atoms with Gasteiger partial charge in [0.15, 0.2) is 0 Å². The number of methoxy groups -OCH3 is 1. The molecule has 3 rings (SSSR count). The number of ether oxygens (including phenoxy) is 1. The maximum atomic E-state index is 13.7. The van der Waals surface area contributed by atoms with E-state index in [0.29, 0.717) is 30.3 Å². The van der Waals surface area contributed by atoms with Crippen molar-refractivity contribution in [3.8, 4) is 5.75 Å². The summed E-state index contributed by atoms with van der Waals surface area (Å²) in [6.45, 7) is 2.45. The molecule has 0 aliphatic carbocycles. The summed E-state index contributed by atoms with van der Waals surface area (Å²) in [5.41, 5.74) is 2.38. The van der Waals surface area contributed by atoms with E-state index in [2.05, 4.69) is 20.6 Å². The molecule has 0 bridgehead atoms. The van der Waals surface area contributed by atoms with E-state index in [1.807, 2.05) is 43.3 Å². The van der Waals surface area contributed by atoms with Crippen LogP contribution in [0.15, 0.2) is 54.6 Å². The normalized spacial score (nSPS) is 10.4. The number of rotatable bonds is 7. The quantitative estimate of drug-likeness (QED) is 0.663. The van der Waals surface area contributed by atoms with E-state index in [4.69, 9.17) is 4.74 Å². The molecule has 0 saturated heterocycles. The molecule has 0 fully saturated rings. The lowest BCUT2D eigenvalue weighted by Crippen LogP contribution is -2.10. The molecule has 0 unspecified atom stereocenters. The van der Waals surface area contributed by atoms with E-state index in [-0.39, 0.29) is 5.82 Å². The third-order valence-corrected chi connectivity index (χ3v) is 3.83. The molecule has 2 aromatic carbocycles. The molecule has 6 heteroatoms. The molecule has 3 aromatic rings. The zero-order chi connectivity index (χ0) is 18.4. The number of nitrogens with one attached hydrogen (secondary N) is 2. The Kier molecular flexibility index (Phi) is 5.63. The monoisotopic (exact) mass is 352 g/mol.